The molecule has 0 saturated heterocycles. The fourth-order valence-electron chi connectivity index (χ4n) is 2.62. The molecule has 1 rings (SSSR count). The van der Waals surface area contributed by atoms with Gasteiger partial charge < -0.3 is 16.0 Å². The molecule has 0 spiro atoms. The molecule has 1 unspecified atom stereocenters. The maximum atomic E-state index is 11.9. The van der Waals surface area contributed by atoms with Crippen LogP contribution in [0.4, 0.5) is 0 Å². The first kappa shape index (κ1) is 14.5. The van der Waals surface area contributed by atoms with Gasteiger partial charge in [-0.2, -0.15) is 0 Å². The van der Waals surface area contributed by atoms with Crippen molar-refractivity contribution in [3.05, 3.63) is 0 Å². The van der Waals surface area contributed by atoms with E-state index in [4.69, 9.17) is 5.73 Å². The molecule has 0 aromatic heterocycles. The lowest BCUT2D eigenvalue weighted by Crippen LogP contribution is -2.51. The highest BCUT2D eigenvalue weighted by molar-refractivity contribution is 5.78. The molecule has 0 aromatic carbocycles. The number of carbonyl (C=O) groups is 1. The first-order valence-electron chi connectivity index (χ1n) is 6.67. The Bertz CT molecular complexity index is 247. The fraction of sp³-hybridized carbons (Fsp3) is 0.923. The topological polar surface area (TPSA) is 58.4 Å². The van der Waals surface area contributed by atoms with Crippen molar-refractivity contribution < 1.29 is 4.79 Å². The molecule has 3 N–H and O–H groups in total. The van der Waals surface area contributed by atoms with Gasteiger partial charge in [-0.15, -0.1) is 0 Å². The Morgan fingerprint density at radius 2 is 2.00 bits per heavy atom. The van der Waals surface area contributed by atoms with E-state index in [0.29, 0.717) is 6.54 Å². The zero-order valence-electron chi connectivity index (χ0n) is 11.5. The monoisotopic (exact) mass is 241 g/mol. The van der Waals surface area contributed by atoms with Crippen LogP contribution in [0.1, 0.15) is 39.0 Å². The molecule has 1 saturated carbocycles. The Morgan fingerprint density at radius 3 is 2.47 bits per heavy atom. The lowest BCUT2D eigenvalue weighted by atomic mass is 9.95. The van der Waals surface area contributed by atoms with Gasteiger partial charge in [-0.25, -0.2) is 0 Å². The maximum Gasteiger partial charge on any atom is 0.222 e. The van der Waals surface area contributed by atoms with E-state index in [2.05, 4.69) is 24.3 Å². The van der Waals surface area contributed by atoms with Crippen molar-refractivity contribution >= 4 is 5.91 Å². The van der Waals surface area contributed by atoms with Crippen molar-refractivity contribution in [3.8, 4) is 0 Å². The molecule has 0 aromatic rings. The third kappa shape index (κ3) is 3.68. The average Bonchev–Trinajstić information content (AvgIpc) is 2.76. The summed E-state index contributed by atoms with van der Waals surface area (Å²) in [6.07, 6.45) is 5.68. The molecular formula is C13H27N3O. The second kappa shape index (κ2) is 6.36. The van der Waals surface area contributed by atoms with Crippen LogP contribution in [0.15, 0.2) is 0 Å². The van der Waals surface area contributed by atoms with Gasteiger partial charge in [0.2, 0.25) is 5.91 Å². The summed E-state index contributed by atoms with van der Waals surface area (Å²) >= 11 is 0. The highest BCUT2D eigenvalue weighted by Gasteiger charge is 2.36. The van der Waals surface area contributed by atoms with Crippen LogP contribution in [0.5, 0.6) is 0 Å². The van der Waals surface area contributed by atoms with Crippen LogP contribution in [-0.4, -0.2) is 43.5 Å². The number of hydrogen-bond acceptors (Lipinski definition) is 3. The van der Waals surface area contributed by atoms with Crippen LogP contribution in [0.2, 0.25) is 0 Å². The van der Waals surface area contributed by atoms with Crippen LogP contribution in [0.3, 0.4) is 0 Å². The van der Waals surface area contributed by atoms with Gasteiger partial charge in [0.05, 0.1) is 0 Å². The van der Waals surface area contributed by atoms with Crippen LogP contribution < -0.4 is 11.1 Å². The van der Waals surface area contributed by atoms with Gasteiger partial charge in [0.1, 0.15) is 0 Å². The molecule has 0 heterocycles. The van der Waals surface area contributed by atoms with Crippen molar-refractivity contribution in [2.24, 2.45) is 11.7 Å². The summed E-state index contributed by atoms with van der Waals surface area (Å²) in [6, 6.07) is 0. The number of amides is 1. The van der Waals surface area contributed by atoms with E-state index in [9.17, 15) is 4.79 Å². The number of nitrogens with zero attached hydrogens (tertiary/aromatic N) is 1. The Morgan fingerprint density at radius 1 is 1.41 bits per heavy atom. The number of carbonyl (C=O) groups excluding carboxylic acids is 1. The predicted molar refractivity (Wildman–Crippen MR) is 70.7 cm³/mol. The summed E-state index contributed by atoms with van der Waals surface area (Å²) in [5.74, 6) is 0.171. The largest absolute Gasteiger partial charge is 0.354 e. The molecule has 1 aliphatic rings. The summed E-state index contributed by atoms with van der Waals surface area (Å²) in [5.41, 5.74) is 5.65. The van der Waals surface area contributed by atoms with Gasteiger partial charge in [-0.3, -0.25) is 4.79 Å². The summed E-state index contributed by atoms with van der Waals surface area (Å²) in [5, 5.41) is 3.10. The second-order valence-electron chi connectivity index (χ2n) is 5.52. The summed E-state index contributed by atoms with van der Waals surface area (Å²) in [4.78, 5) is 14.1. The third-order valence-corrected chi connectivity index (χ3v) is 4.12. The minimum absolute atomic E-state index is 0.0283. The molecule has 1 amide bonds. The lowest BCUT2D eigenvalue weighted by Gasteiger charge is -2.36. The smallest absolute Gasteiger partial charge is 0.222 e. The van der Waals surface area contributed by atoms with Gasteiger partial charge >= 0.3 is 0 Å². The van der Waals surface area contributed by atoms with Crippen LogP contribution in [0.25, 0.3) is 0 Å². The minimum atomic E-state index is 0.0283. The summed E-state index contributed by atoms with van der Waals surface area (Å²) in [7, 11) is 4.22. The molecule has 0 radical (unpaired) electrons. The van der Waals surface area contributed by atoms with Crippen molar-refractivity contribution in [1.82, 2.24) is 10.2 Å². The highest BCUT2D eigenvalue weighted by atomic mass is 16.1. The minimum Gasteiger partial charge on any atom is -0.354 e. The van der Waals surface area contributed by atoms with E-state index in [1.54, 1.807) is 0 Å². The first-order chi connectivity index (χ1) is 8.02. The zero-order chi connectivity index (χ0) is 12.9. The van der Waals surface area contributed by atoms with Crippen molar-refractivity contribution in [1.29, 1.82) is 0 Å². The molecule has 1 atom stereocenters. The van der Waals surface area contributed by atoms with Gasteiger partial charge in [0.25, 0.3) is 0 Å². The van der Waals surface area contributed by atoms with Gasteiger partial charge in [0, 0.05) is 18.0 Å². The lowest BCUT2D eigenvalue weighted by molar-refractivity contribution is -0.125. The van der Waals surface area contributed by atoms with E-state index in [1.807, 2.05) is 6.92 Å². The van der Waals surface area contributed by atoms with Gasteiger partial charge in [-0.1, -0.05) is 19.8 Å². The molecule has 0 aliphatic heterocycles. The molecular weight excluding hydrogens is 214 g/mol. The Kier molecular flexibility index (Phi) is 5.40. The normalized spacial score (nSPS) is 20.5. The van der Waals surface area contributed by atoms with Gasteiger partial charge in [0.15, 0.2) is 0 Å². The Balaban J connectivity index is 2.45. The van der Waals surface area contributed by atoms with E-state index >= 15 is 0 Å². The van der Waals surface area contributed by atoms with Crippen molar-refractivity contribution in [2.75, 3.05) is 27.2 Å². The summed E-state index contributed by atoms with van der Waals surface area (Å²) in [6.45, 7) is 3.29. The number of hydrogen-bond donors (Lipinski definition) is 2. The van der Waals surface area contributed by atoms with Crippen molar-refractivity contribution in [2.45, 2.75) is 44.6 Å². The highest BCUT2D eigenvalue weighted by Crippen LogP contribution is 2.33. The Hall–Kier alpha value is -0.610. The zero-order valence-corrected chi connectivity index (χ0v) is 11.5. The van der Waals surface area contributed by atoms with Crippen LogP contribution in [0, 0.1) is 5.92 Å². The maximum absolute atomic E-state index is 11.9. The van der Waals surface area contributed by atoms with Crippen LogP contribution in [-0.2, 0) is 4.79 Å². The molecule has 4 heteroatoms. The second-order valence-corrected chi connectivity index (χ2v) is 5.52. The number of nitrogens with two attached hydrogens (primary N) is 1. The molecule has 4 nitrogen and oxygen atoms in total. The average molecular weight is 241 g/mol. The predicted octanol–water partition coefficient (Wildman–Crippen LogP) is 0.962. The van der Waals surface area contributed by atoms with E-state index in [0.717, 1.165) is 13.0 Å². The molecule has 1 aliphatic carbocycles. The first-order valence-corrected chi connectivity index (χ1v) is 6.67. The SMILES string of the molecule is CC(CCN)C(=O)NCC1(N(C)C)CCCC1. The molecule has 17 heavy (non-hydrogen) atoms. The number of likely N-dealkylation sites (N-methyl/N-ethyl adjacent to an activating group) is 1. The number of rotatable bonds is 6. The van der Waals surface area contributed by atoms with E-state index < -0.39 is 0 Å². The van der Waals surface area contributed by atoms with Crippen LogP contribution >= 0.6 is 0 Å². The molecule has 100 valence electrons. The third-order valence-electron chi connectivity index (χ3n) is 4.12. The van der Waals surface area contributed by atoms with E-state index in [-0.39, 0.29) is 17.4 Å². The molecule has 1 fully saturated rings. The van der Waals surface area contributed by atoms with E-state index in [1.165, 1.54) is 25.7 Å². The Labute approximate surface area is 105 Å². The van der Waals surface area contributed by atoms with Gasteiger partial charge in [-0.05, 0) is 39.9 Å². The summed E-state index contributed by atoms with van der Waals surface area (Å²) < 4.78 is 0. The van der Waals surface area contributed by atoms with Crippen molar-refractivity contribution in [3.63, 3.8) is 0 Å². The number of nitrogens with one attached hydrogen (secondary N) is 1. The standard InChI is InChI=1S/C13H27N3O/c1-11(6-9-14)12(17)15-10-13(16(2)3)7-4-5-8-13/h11H,4-10,14H2,1-3H3,(H,15,17). The quantitative estimate of drug-likeness (QED) is 0.728. The molecule has 0 bridgehead atoms. The fourth-order valence-corrected chi connectivity index (χ4v) is 2.62.